The van der Waals surface area contributed by atoms with Gasteiger partial charge in [-0.05, 0) is 20.8 Å². The standard InChI is InChI=1S/C7H12O2.C2H6O2/c1-5-6(8)9-7(2,3)4;3-1-2-4/h5H,1H2,2-4H3;3-4H,1-2H2. The Bertz CT molecular complexity index is 144. The number of aliphatic hydroxyl groups is 2. The van der Waals surface area contributed by atoms with E-state index in [1.165, 1.54) is 0 Å². The summed E-state index contributed by atoms with van der Waals surface area (Å²) in [5, 5.41) is 15.2. The highest BCUT2D eigenvalue weighted by Crippen LogP contribution is 2.06. The van der Waals surface area contributed by atoms with Gasteiger partial charge in [-0.1, -0.05) is 6.58 Å². The number of aliphatic hydroxyl groups excluding tert-OH is 2. The highest BCUT2D eigenvalue weighted by molar-refractivity contribution is 5.81. The first-order valence-corrected chi connectivity index (χ1v) is 3.94. The lowest BCUT2D eigenvalue weighted by molar-refractivity contribution is -0.148. The van der Waals surface area contributed by atoms with Gasteiger partial charge in [-0.2, -0.15) is 0 Å². The number of hydrogen-bond donors (Lipinski definition) is 2. The molecule has 0 spiro atoms. The molecule has 0 aromatic carbocycles. The van der Waals surface area contributed by atoms with E-state index in [0.717, 1.165) is 6.08 Å². The van der Waals surface area contributed by atoms with Crippen LogP contribution in [0.5, 0.6) is 0 Å². The minimum absolute atomic E-state index is 0.125. The van der Waals surface area contributed by atoms with Crippen LogP contribution in [0.3, 0.4) is 0 Å². The molecule has 0 rings (SSSR count). The SMILES string of the molecule is C=CC(=O)OC(C)(C)C.OCCO. The Labute approximate surface area is 78.8 Å². The normalized spacial score (nSPS) is 9.62. The molecule has 0 unspecified atom stereocenters. The number of rotatable bonds is 2. The molecule has 4 nitrogen and oxygen atoms in total. The Kier molecular flexibility index (Phi) is 8.74. The van der Waals surface area contributed by atoms with Crippen LogP contribution in [0.15, 0.2) is 12.7 Å². The molecule has 0 saturated heterocycles. The molecule has 2 N–H and O–H groups in total. The van der Waals surface area contributed by atoms with Crippen molar-refractivity contribution in [3.05, 3.63) is 12.7 Å². The van der Waals surface area contributed by atoms with Gasteiger partial charge in [0.15, 0.2) is 0 Å². The van der Waals surface area contributed by atoms with Gasteiger partial charge in [-0.15, -0.1) is 0 Å². The Morgan fingerprint density at radius 3 is 1.85 bits per heavy atom. The Morgan fingerprint density at radius 1 is 1.38 bits per heavy atom. The summed E-state index contributed by atoms with van der Waals surface area (Å²) >= 11 is 0. The van der Waals surface area contributed by atoms with Crippen LogP contribution in [0, 0.1) is 0 Å². The largest absolute Gasteiger partial charge is 0.457 e. The summed E-state index contributed by atoms with van der Waals surface area (Å²) in [6.45, 7) is 8.46. The van der Waals surface area contributed by atoms with Crippen LogP contribution in [0.1, 0.15) is 20.8 Å². The molecular weight excluding hydrogens is 172 g/mol. The lowest BCUT2D eigenvalue weighted by Crippen LogP contribution is -2.22. The van der Waals surface area contributed by atoms with Gasteiger partial charge in [0.05, 0.1) is 13.2 Å². The van der Waals surface area contributed by atoms with Crippen LogP contribution in [-0.2, 0) is 9.53 Å². The van der Waals surface area contributed by atoms with Gasteiger partial charge in [-0.3, -0.25) is 0 Å². The minimum atomic E-state index is -0.398. The molecule has 0 radical (unpaired) electrons. The number of ether oxygens (including phenoxy) is 1. The van der Waals surface area contributed by atoms with Gasteiger partial charge < -0.3 is 14.9 Å². The number of carbonyl (C=O) groups is 1. The molecule has 0 fully saturated rings. The molecule has 0 aromatic rings. The zero-order chi connectivity index (χ0) is 10.9. The fraction of sp³-hybridized carbons (Fsp3) is 0.667. The maximum atomic E-state index is 10.5. The maximum absolute atomic E-state index is 10.5. The van der Waals surface area contributed by atoms with Gasteiger partial charge in [0.25, 0.3) is 0 Å². The average Bonchev–Trinajstić information content (AvgIpc) is 2.02. The molecule has 0 aliphatic carbocycles. The van der Waals surface area contributed by atoms with E-state index in [4.69, 9.17) is 14.9 Å². The van der Waals surface area contributed by atoms with E-state index in [1.807, 2.05) is 20.8 Å². The summed E-state index contributed by atoms with van der Waals surface area (Å²) in [6, 6.07) is 0. The Morgan fingerprint density at radius 2 is 1.77 bits per heavy atom. The molecule has 0 saturated carbocycles. The second-order valence-corrected chi connectivity index (χ2v) is 3.18. The van der Waals surface area contributed by atoms with E-state index in [0.29, 0.717) is 0 Å². The van der Waals surface area contributed by atoms with Gasteiger partial charge in [-0.25, -0.2) is 4.79 Å². The first kappa shape index (κ1) is 14.6. The molecular formula is C9H18O4. The Hall–Kier alpha value is -0.870. The molecule has 0 bridgehead atoms. The van der Waals surface area contributed by atoms with E-state index >= 15 is 0 Å². The van der Waals surface area contributed by atoms with E-state index < -0.39 is 5.60 Å². The third kappa shape index (κ3) is 18.2. The molecule has 0 aliphatic heterocycles. The molecule has 13 heavy (non-hydrogen) atoms. The van der Waals surface area contributed by atoms with Gasteiger partial charge in [0, 0.05) is 6.08 Å². The van der Waals surface area contributed by atoms with Crippen molar-refractivity contribution in [1.29, 1.82) is 0 Å². The number of carbonyl (C=O) groups excluding carboxylic acids is 1. The summed E-state index contributed by atoms with van der Waals surface area (Å²) in [6.07, 6.45) is 1.16. The van der Waals surface area contributed by atoms with E-state index in [2.05, 4.69) is 6.58 Å². The van der Waals surface area contributed by atoms with Crippen LogP contribution < -0.4 is 0 Å². The molecule has 0 heterocycles. The number of esters is 1. The first-order valence-electron chi connectivity index (χ1n) is 3.94. The summed E-state index contributed by atoms with van der Waals surface area (Å²) in [4.78, 5) is 10.5. The van der Waals surface area contributed by atoms with Gasteiger partial charge >= 0.3 is 5.97 Å². The highest BCUT2D eigenvalue weighted by atomic mass is 16.6. The summed E-state index contributed by atoms with van der Waals surface area (Å²) in [5.74, 6) is -0.373. The van der Waals surface area contributed by atoms with E-state index in [-0.39, 0.29) is 19.2 Å². The minimum Gasteiger partial charge on any atom is -0.457 e. The van der Waals surface area contributed by atoms with Crippen LogP contribution in [-0.4, -0.2) is 35.0 Å². The zero-order valence-electron chi connectivity index (χ0n) is 8.41. The van der Waals surface area contributed by atoms with Crippen molar-refractivity contribution >= 4 is 5.97 Å². The average molecular weight is 190 g/mol. The van der Waals surface area contributed by atoms with Crippen molar-refractivity contribution in [2.75, 3.05) is 13.2 Å². The Balaban J connectivity index is 0. The third-order valence-corrected chi connectivity index (χ3v) is 0.673. The van der Waals surface area contributed by atoms with Crippen molar-refractivity contribution in [2.45, 2.75) is 26.4 Å². The van der Waals surface area contributed by atoms with Gasteiger partial charge in [0.2, 0.25) is 0 Å². The topological polar surface area (TPSA) is 66.8 Å². The van der Waals surface area contributed by atoms with Crippen LogP contribution in [0.25, 0.3) is 0 Å². The molecule has 0 aromatic heterocycles. The fourth-order valence-electron chi connectivity index (χ4n) is 0.343. The third-order valence-electron chi connectivity index (χ3n) is 0.673. The predicted octanol–water partition coefficient (Wildman–Crippen LogP) is 0.485. The first-order chi connectivity index (χ1) is 5.87. The smallest absolute Gasteiger partial charge is 0.330 e. The lowest BCUT2D eigenvalue weighted by atomic mass is 10.2. The summed E-state index contributed by atoms with van der Waals surface area (Å²) in [7, 11) is 0. The van der Waals surface area contributed by atoms with Crippen molar-refractivity contribution in [3.63, 3.8) is 0 Å². The second kappa shape index (κ2) is 7.76. The monoisotopic (exact) mass is 190 g/mol. The van der Waals surface area contributed by atoms with Crippen molar-refractivity contribution in [3.8, 4) is 0 Å². The van der Waals surface area contributed by atoms with Gasteiger partial charge in [0.1, 0.15) is 5.60 Å². The van der Waals surface area contributed by atoms with E-state index in [9.17, 15) is 4.79 Å². The fourth-order valence-corrected chi connectivity index (χ4v) is 0.343. The quantitative estimate of drug-likeness (QED) is 0.491. The second-order valence-electron chi connectivity index (χ2n) is 3.18. The molecule has 0 atom stereocenters. The van der Waals surface area contributed by atoms with Crippen molar-refractivity contribution in [1.82, 2.24) is 0 Å². The van der Waals surface area contributed by atoms with Crippen molar-refractivity contribution in [2.24, 2.45) is 0 Å². The van der Waals surface area contributed by atoms with Crippen LogP contribution in [0.2, 0.25) is 0 Å². The van der Waals surface area contributed by atoms with Crippen LogP contribution in [0.4, 0.5) is 0 Å². The summed E-state index contributed by atoms with van der Waals surface area (Å²) in [5.41, 5.74) is -0.398. The zero-order valence-corrected chi connectivity index (χ0v) is 8.41. The van der Waals surface area contributed by atoms with Crippen molar-refractivity contribution < 1.29 is 19.7 Å². The number of hydrogen-bond acceptors (Lipinski definition) is 4. The molecule has 4 heteroatoms. The summed E-state index contributed by atoms with van der Waals surface area (Å²) < 4.78 is 4.83. The maximum Gasteiger partial charge on any atom is 0.330 e. The molecule has 78 valence electrons. The molecule has 0 aliphatic rings. The lowest BCUT2D eigenvalue weighted by Gasteiger charge is -2.17. The predicted molar refractivity (Wildman–Crippen MR) is 50.2 cm³/mol. The highest BCUT2D eigenvalue weighted by Gasteiger charge is 2.12. The van der Waals surface area contributed by atoms with Crippen LogP contribution >= 0.6 is 0 Å². The molecule has 0 amide bonds. The van der Waals surface area contributed by atoms with E-state index in [1.54, 1.807) is 0 Å².